The number of carbonyl (C=O) groups excluding carboxylic acids is 1. The third kappa shape index (κ3) is 3.84. The predicted molar refractivity (Wildman–Crippen MR) is 111 cm³/mol. The monoisotopic (exact) mass is 392 g/mol. The minimum Gasteiger partial charge on any atom is -0.361 e. The number of nitrogens with one attached hydrogen (secondary N) is 1. The Morgan fingerprint density at radius 3 is 2.79 bits per heavy atom. The molecule has 1 aliphatic carbocycles. The highest BCUT2D eigenvalue weighted by atomic mass is 16.5. The molecule has 0 fully saturated rings. The second-order valence-corrected chi connectivity index (χ2v) is 8.04. The van der Waals surface area contributed by atoms with Gasteiger partial charge in [-0.3, -0.25) is 4.79 Å². The molecule has 3 aromatic rings. The number of hydrogen-bond donors (Lipinski definition) is 1. The fraction of sp³-hybridized carbons (Fsp3) is 0.435. The van der Waals surface area contributed by atoms with Gasteiger partial charge in [-0.1, -0.05) is 11.2 Å². The van der Waals surface area contributed by atoms with E-state index >= 15 is 0 Å². The van der Waals surface area contributed by atoms with Crippen LogP contribution in [0.25, 0.3) is 5.69 Å². The van der Waals surface area contributed by atoms with E-state index in [1.54, 1.807) is 0 Å². The van der Waals surface area contributed by atoms with Gasteiger partial charge in [0, 0.05) is 23.2 Å². The zero-order valence-corrected chi connectivity index (χ0v) is 17.6. The van der Waals surface area contributed by atoms with Crippen LogP contribution >= 0.6 is 0 Å². The first-order chi connectivity index (χ1) is 13.9. The van der Waals surface area contributed by atoms with Gasteiger partial charge in [0.05, 0.1) is 23.6 Å². The van der Waals surface area contributed by atoms with Gasteiger partial charge in [0.1, 0.15) is 5.76 Å². The normalized spacial score (nSPS) is 15.9. The van der Waals surface area contributed by atoms with Crippen molar-refractivity contribution in [1.29, 1.82) is 0 Å². The van der Waals surface area contributed by atoms with Crippen molar-refractivity contribution < 1.29 is 9.32 Å². The summed E-state index contributed by atoms with van der Waals surface area (Å²) in [6, 6.07) is 6.45. The molecule has 0 spiro atoms. The minimum absolute atomic E-state index is 0.0243. The van der Waals surface area contributed by atoms with Crippen LogP contribution in [0.15, 0.2) is 28.9 Å². The van der Waals surface area contributed by atoms with Gasteiger partial charge >= 0.3 is 0 Å². The second-order valence-electron chi connectivity index (χ2n) is 8.04. The second kappa shape index (κ2) is 7.85. The fourth-order valence-corrected chi connectivity index (χ4v) is 4.15. The molecule has 6 nitrogen and oxygen atoms in total. The van der Waals surface area contributed by atoms with Crippen molar-refractivity contribution in [2.24, 2.45) is 0 Å². The summed E-state index contributed by atoms with van der Waals surface area (Å²) in [5, 5.41) is 11.8. The summed E-state index contributed by atoms with van der Waals surface area (Å²) in [6.07, 6.45) is 5.96. The van der Waals surface area contributed by atoms with Gasteiger partial charge in [0.15, 0.2) is 0 Å². The summed E-state index contributed by atoms with van der Waals surface area (Å²) >= 11 is 0. The molecular formula is C23H28N4O2. The molecular weight excluding hydrogens is 364 g/mol. The number of amides is 1. The van der Waals surface area contributed by atoms with Crippen LogP contribution in [0.3, 0.4) is 0 Å². The maximum absolute atomic E-state index is 12.6. The number of hydrogen-bond acceptors (Lipinski definition) is 4. The first kappa shape index (κ1) is 19.4. The van der Waals surface area contributed by atoms with E-state index in [2.05, 4.69) is 47.6 Å². The number of aromatic nitrogens is 3. The van der Waals surface area contributed by atoms with E-state index in [1.165, 1.54) is 16.8 Å². The summed E-state index contributed by atoms with van der Waals surface area (Å²) in [7, 11) is 0. The van der Waals surface area contributed by atoms with Crippen LogP contribution in [0.1, 0.15) is 64.7 Å². The van der Waals surface area contributed by atoms with Crippen molar-refractivity contribution in [2.45, 2.75) is 65.8 Å². The first-order valence-electron chi connectivity index (χ1n) is 10.3. The van der Waals surface area contributed by atoms with E-state index in [0.717, 1.165) is 47.5 Å². The highest BCUT2D eigenvalue weighted by molar-refractivity contribution is 5.76. The topological polar surface area (TPSA) is 73.0 Å². The van der Waals surface area contributed by atoms with Gasteiger partial charge in [0.2, 0.25) is 5.91 Å². The lowest BCUT2D eigenvalue weighted by molar-refractivity contribution is -0.121. The Labute approximate surface area is 171 Å². The van der Waals surface area contributed by atoms with Crippen LogP contribution in [-0.4, -0.2) is 20.8 Å². The average molecular weight is 393 g/mol. The number of fused-ring (bicyclic) bond motifs is 1. The SMILES string of the molecule is Cc1ccc(-n2ncc3c2CCC[C@H]3NC(=O)CCc2c(C)noc2C)cc1C. The van der Waals surface area contributed by atoms with Gasteiger partial charge in [-0.25, -0.2) is 4.68 Å². The van der Waals surface area contributed by atoms with E-state index < -0.39 is 0 Å². The van der Waals surface area contributed by atoms with Crippen molar-refractivity contribution in [1.82, 2.24) is 20.3 Å². The molecule has 0 radical (unpaired) electrons. The number of aryl methyl sites for hydroxylation is 4. The van der Waals surface area contributed by atoms with Crippen molar-refractivity contribution in [3.8, 4) is 5.69 Å². The molecule has 0 saturated heterocycles. The molecule has 4 rings (SSSR count). The van der Waals surface area contributed by atoms with Crippen LogP contribution in [0.4, 0.5) is 0 Å². The van der Waals surface area contributed by atoms with Gasteiger partial charge in [0.25, 0.3) is 0 Å². The maximum Gasteiger partial charge on any atom is 0.220 e. The molecule has 1 atom stereocenters. The lowest BCUT2D eigenvalue weighted by atomic mass is 9.92. The van der Waals surface area contributed by atoms with E-state index in [1.807, 2.05) is 24.7 Å². The molecule has 2 aromatic heterocycles. The molecule has 0 bridgehead atoms. The Bertz CT molecular complexity index is 1030. The van der Waals surface area contributed by atoms with Crippen LogP contribution < -0.4 is 5.32 Å². The lowest BCUT2D eigenvalue weighted by Gasteiger charge is -2.24. The Balaban J connectivity index is 1.48. The highest BCUT2D eigenvalue weighted by Gasteiger charge is 2.26. The molecule has 1 N–H and O–H groups in total. The minimum atomic E-state index is 0.0243. The molecule has 0 unspecified atom stereocenters. The molecule has 1 aromatic carbocycles. The standard InChI is InChI=1S/C23H28N4O2/c1-14-8-9-18(12-15(14)2)27-22-7-5-6-21(20(22)13-24-27)25-23(28)11-10-19-16(3)26-29-17(19)4/h8-9,12-13,21H,5-7,10-11H2,1-4H3,(H,25,28)/t21-/m1/s1. The molecule has 2 heterocycles. The van der Waals surface area contributed by atoms with Crippen molar-refractivity contribution in [3.63, 3.8) is 0 Å². The van der Waals surface area contributed by atoms with Crippen molar-refractivity contribution in [3.05, 3.63) is 63.8 Å². The van der Waals surface area contributed by atoms with Crippen LogP contribution in [0.2, 0.25) is 0 Å². The molecule has 29 heavy (non-hydrogen) atoms. The number of nitrogens with zero attached hydrogens (tertiary/aromatic N) is 3. The molecule has 6 heteroatoms. The predicted octanol–water partition coefficient (Wildman–Crippen LogP) is 4.22. The fourth-order valence-electron chi connectivity index (χ4n) is 4.15. The largest absolute Gasteiger partial charge is 0.361 e. The van der Waals surface area contributed by atoms with Gasteiger partial charge in [-0.05, 0) is 76.6 Å². The zero-order chi connectivity index (χ0) is 20.5. The van der Waals surface area contributed by atoms with Gasteiger partial charge < -0.3 is 9.84 Å². The molecule has 152 valence electrons. The average Bonchev–Trinajstić information content (AvgIpc) is 3.27. The van der Waals surface area contributed by atoms with Crippen molar-refractivity contribution >= 4 is 5.91 Å². The van der Waals surface area contributed by atoms with Gasteiger partial charge in [-0.15, -0.1) is 0 Å². The van der Waals surface area contributed by atoms with E-state index in [9.17, 15) is 4.79 Å². The Morgan fingerprint density at radius 1 is 1.24 bits per heavy atom. The van der Waals surface area contributed by atoms with E-state index in [0.29, 0.717) is 12.8 Å². The van der Waals surface area contributed by atoms with Crippen LogP contribution in [-0.2, 0) is 17.6 Å². The van der Waals surface area contributed by atoms with Crippen LogP contribution in [0, 0.1) is 27.7 Å². The van der Waals surface area contributed by atoms with Crippen molar-refractivity contribution in [2.75, 3.05) is 0 Å². The molecule has 1 amide bonds. The lowest BCUT2D eigenvalue weighted by Crippen LogP contribution is -2.31. The summed E-state index contributed by atoms with van der Waals surface area (Å²) in [6.45, 7) is 8.04. The molecule has 0 saturated carbocycles. The summed E-state index contributed by atoms with van der Waals surface area (Å²) in [4.78, 5) is 12.6. The van der Waals surface area contributed by atoms with Crippen LogP contribution in [0.5, 0.6) is 0 Å². The van der Waals surface area contributed by atoms with E-state index in [4.69, 9.17) is 4.52 Å². The number of rotatable bonds is 5. The number of carbonyl (C=O) groups is 1. The highest BCUT2D eigenvalue weighted by Crippen LogP contribution is 2.31. The quantitative estimate of drug-likeness (QED) is 0.706. The summed E-state index contributed by atoms with van der Waals surface area (Å²) < 4.78 is 7.22. The Kier molecular flexibility index (Phi) is 5.26. The maximum atomic E-state index is 12.6. The first-order valence-corrected chi connectivity index (χ1v) is 10.3. The van der Waals surface area contributed by atoms with E-state index in [-0.39, 0.29) is 11.9 Å². The third-order valence-corrected chi connectivity index (χ3v) is 6.04. The summed E-state index contributed by atoms with van der Waals surface area (Å²) in [5.41, 5.74) is 7.86. The summed E-state index contributed by atoms with van der Waals surface area (Å²) in [5.74, 6) is 0.853. The Morgan fingerprint density at radius 2 is 2.07 bits per heavy atom. The molecule has 0 aliphatic heterocycles. The molecule has 1 aliphatic rings. The Hall–Kier alpha value is -2.89. The number of benzene rings is 1. The third-order valence-electron chi connectivity index (χ3n) is 6.04. The zero-order valence-electron chi connectivity index (χ0n) is 17.6. The smallest absolute Gasteiger partial charge is 0.220 e. The van der Waals surface area contributed by atoms with Gasteiger partial charge in [-0.2, -0.15) is 5.10 Å².